The Morgan fingerprint density at radius 2 is 2.00 bits per heavy atom. The summed E-state index contributed by atoms with van der Waals surface area (Å²) in [5, 5.41) is 8.76. The van der Waals surface area contributed by atoms with Crippen LogP contribution >= 0.6 is 0 Å². The van der Waals surface area contributed by atoms with Gasteiger partial charge in [-0.15, -0.1) is 0 Å². The number of hydrogen-bond acceptors (Lipinski definition) is 4. The third-order valence-electron chi connectivity index (χ3n) is 2.86. The second kappa shape index (κ2) is 6.92. The van der Waals surface area contributed by atoms with Gasteiger partial charge in [0.2, 0.25) is 10.0 Å². The Morgan fingerprint density at radius 1 is 1.38 bits per heavy atom. The lowest BCUT2D eigenvalue weighted by Gasteiger charge is -2.14. The average molecular weight is 322 g/mol. The van der Waals surface area contributed by atoms with Gasteiger partial charge in [-0.1, -0.05) is 6.92 Å². The number of sulfonamides is 1. The number of aromatic carboxylic acids is 1. The summed E-state index contributed by atoms with van der Waals surface area (Å²) >= 11 is 0. The van der Waals surface area contributed by atoms with Crippen LogP contribution < -0.4 is 4.72 Å². The predicted octanol–water partition coefficient (Wildman–Crippen LogP) is 0.893. The van der Waals surface area contributed by atoms with Crippen molar-refractivity contribution in [3.8, 4) is 0 Å². The quantitative estimate of drug-likeness (QED) is 0.779. The van der Waals surface area contributed by atoms with E-state index in [0.29, 0.717) is 25.2 Å². The highest BCUT2D eigenvalue weighted by Crippen LogP contribution is 2.19. The summed E-state index contributed by atoms with van der Waals surface area (Å²) in [6, 6.07) is 1.02. The largest absolute Gasteiger partial charge is 0.478 e. The van der Waals surface area contributed by atoms with Crippen LogP contribution in [0.5, 0.6) is 0 Å². The zero-order valence-electron chi connectivity index (χ0n) is 11.6. The van der Waals surface area contributed by atoms with E-state index in [0.717, 1.165) is 0 Å². The van der Waals surface area contributed by atoms with E-state index < -0.39 is 38.1 Å². The minimum atomic E-state index is -4.33. The molecule has 1 aromatic carbocycles. The highest BCUT2D eigenvalue weighted by molar-refractivity contribution is 7.89. The fourth-order valence-electron chi connectivity index (χ4n) is 1.49. The SMILES string of the molecule is CCN(C)CCNS(=O)(=O)c1cc(C(=O)O)cc(F)c1F. The smallest absolute Gasteiger partial charge is 0.335 e. The molecule has 9 heteroatoms. The highest BCUT2D eigenvalue weighted by atomic mass is 32.2. The molecule has 0 fully saturated rings. The minimum absolute atomic E-state index is 0.00890. The lowest BCUT2D eigenvalue weighted by molar-refractivity contribution is 0.0696. The third-order valence-corrected chi connectivity index (χ3v) is 4.32. The normalized spacial score (nSPS) is 11.9. The van der Waals surface area contributed by atoms with Crippen LogP contribution in [0.3, 0.4) is 0 Å². The van der Waals surface area contributed by atoms with E-state index in [9.17, 15) is 22.0 Å². The van der Waals surface area contributed by atoms with Gasteiger partial charge in [0, 0.05) is 13.1 Å². The molecule has 0 amide bonds. The first-order valence-corrected chi connectivity index (χ1v) is 7.58. The molecule has 0 unspecified atom stereocenters. The zero-order chi connectivity index (χ0) is 16.2. The summed E-state index contributed by atoms with van der Waals surface area (Å²) in [5.41, 5.74) is -0.639. The van der Waals surface area contributed by atoms with Gasteiger partial charge in [0.05, 0.1) is 5.56 Å². The van der Waals surface area contributed by atoms with Crippen molar-refractivity contribution < 1.29 is 27.1 Å². The second-order valence-electron chi connectivity index (χ2n) is 4.37. The first-order chi connectivity index (χ1) is 9.69. The molecule has 0 bridgehead atoms. The van der Waals surface area contributed by atoms with Gasteiger partial charge in [-0.3, -0.25) is 0 Å². The molecule has 0 aliphatic heterocycles. The molecular formula is C12H16F2N2O4S. The molecular weight excluding hydrogens is 306 g/mol. The van der Waals surface area contributed by atoms with Crippen molar-refractivity contribution >= 4 is 16.0 Å². The first-order valence-electron chi connectivity index (χ1n) is 6.09. The van der Waals surface area contributed by atoms with Crippen molar-refractivity contribution in [1.82, 2.24) is 9.62 Å². The molecule has 0 aliphatic rings. The average Bonchev–Trinajstić information content (AvgIpc) is 2.40. The summed E-state index contributed by atoms with van der Waals surface area (Å²) in [6.07, 6.45) is 0. The van der Waals surface area contributed by atoms with E-state index in [4.69, 9.17) is 5.11 Å². The Morgan fingerprint density at radius 3 is 2.52 bits per heavy atom. The standard InChI is InChI=1S/C12H16F2N2O4S/c1-3-16(2)5-4-15-21(19,20)10-7-8(12(17)18)6-9(13)11(10)14/h6-7,15H,3-5H2,1-2H3,(H,17,18). The van der Waals surface area contributed by atoms with Gasteiger partial charge in [-0.2, -0.15) is 0 Å². The van der Waals surface area contributed by atoms with E-state index in [1.807, 2.05) is 11.8 Å². The Labute approximate surface area is 121 Å². The van der Waals surface area contributed by atoms with Gasteiger partial charge in [0.1, 0.15) is 4.90 Å². The molecule has 0 aliphatic carbocycles. The Bertz CT molecular complexity index is 634. The monoisotopic (exact) mass is 322 g/mol. The molecule has 1 aromatic rings. The van der Waals surface area contributed by atoms with Crippen LogP contribution in [0.15, 0.2) is 17.0 Å². The number of carboxylic acid groups (broad SMARTS) is 1. The molecule has 0 atom stereocenters. The van der Waals surface area contributed by atoms with Crippen LogP contribution in [0, 0.1) is 11.6 Å². The molecule has 2 N–H and O–H groups in total. The highest BCUT2D eigenvalue weighted by Gasteiger charge is 2.24. The fourth-order valence-corrected chi connectivity index (χ4v) is 2.62. The second-order valence-corrected chi connectivity index (χ2v) is 6.10. The maximum absolute atomic E-state index is 13.6. The summed E-state index contributed by atoms with van der Waals surface area (Å²) < 4.78 is 52.8. The number of nitrogens with zero attached hydrogens (tertiary/aromatic N) is 1. The number of benzene rings is 1. The van der Waals surface area contributed by atoms with E-state index in [1.54, 1.807) is 7.05 Å². The molecule has 0 aromatic heterocycles. The fraction of sp³-hybridized carbons (Fsp3) is 0.417. The molecule has 1 rings (SSSR count). The minimum Gasteiger partial charge on any atom is -0.478 e. The van der Waals surface area contributed by atoms with E-state index in [1.165, 1.54) is 0 Å². The Kier molecular flexibility index (Phi) is 5.76. The van der Waals surface area contributed by atoms with Gasteiger partial charge in [-0.25, -0.2) is 26.7 Å². The van der Waals surface area contributed by atoms with Gasteiger partial charge in [0.25, 0.3) is 0 Å². The number of rotatable bonds is 7. The van der Waals surface area contributed by atoms with Crippen LogP contribution in [-0.4, -0.2) is 51.1 Å². The molecule has 6 nitrogen and oxygen atoms in total. The molecule has 118 valence electrons. The molecule has 0 saturated heterocycles. The molecule has 0 saturated carbocycles. The van der Waals surface area contributed by atoms with E-state index in [-0.39, 0.29) is 6.54 Å². The summed E-state index contributed by atoms with van der Waals surface area (Å²) in [5.74, 6) is -4.67. The third kappa shape index (κ3) is 4.45. The Balaban J connectivity index is 3.05. The number of nitrogens with one attached hydrogen (secondary N) is 1. The number of carbonyl (C=O) groups is 1. The lowest BCUT2D eigenvalue weighted by atomic mass is 10.2. The van der Waals surface area contributed by atoms with Crippen molar-refractivity contribution in [3.05, 3.63) is 29.3 Å². The van der Waals surface area contributed by atoms with Gasteiger partial charge in [-0.05, 0) is 25.7 Å². The maximum atomic E-state index is 13.6. The maximum Gasteiger partial charge on any atom is 0.335 e. The molecule has 0 spiro atoms. The van der Waals surface area contributed by atoms with Crippen LogP contribution in [0.1, 0.15) is 17.3 Å². The van der Waals surface area contributed by atoms with Crippen LogP contribution in [0.25, 0.3) is 0 Å². The van der Waals surface area contributed by atoms with Gasteiger partial charge >= 0.3 is 5.97 Å². The lowest BCUT2D eigenvalue weighted by Crippen LogP contribution is -2.33. The van der Waals surface area contributed by atoms with E-state index >= 15 is 0 Å². The van der Waals surface area contributed by atoms with Crippen LogP contribution in [-0.2, 0) is 10.0 Å². The van der Waals surface area contributed by atoms with E-state index in [2.05, 4.69) is 4.72 Å². The number of carboxylic acids is 1. The van der Waals surface area contributed by atoms with Crippen LogP contribution in [0.2, 0.25) is 0 Å². The van der Waals surface area contributed by atoms with Crippen molar-refractivity contribution in [2.75, 3.05) is 26.7 Å². The van der Waals surface area contributed by atoms with Crippen molar-refractivity contribution in [1.29, 1.82) is 0 Å². The number of likely N-dealkylation sites (N-methyl/N-ethyl adjacent to an activating group) is 1. The Hall–Kier alpha value is -1.58. The molecule has 0 radical (unpaired) electrons. The van der Waals surface area contributed by atoms with Crippen molar-refractivity contribution in [3.63, 3.8) is 0 Å². The zero-order valence-corrected chi connectivity index (χ0v) is 12.4. The first kappa shape index (κ1) is 17.5. The number of hydrogen-bond donors (Lipinski definition) is 2. The predicted molar refractivity (Wildman–Crippen MR) is 71.7 cm³/mol. The van der Waals surface area contributed by atoms with Crippen molar-refractivity contribution in [2.45, 2.75) is 11.8 Å². The van der Waals surface area contributed by atoms with Crippen molar-refractivity contribution in [2.24, 2.45) is 0 Å². The van der Waals surface area contributed by atoms with Gasteiger partial charge < -0.3 is 10.0 Å². The topological polar surface area (TPSA) is 86.7 Å². The molecule has 21 heavy (non-hydrogen) atoms. The summed E-state index contributed by atoms with van der Waals surface area (Å²) in [4.78, 5) is 11.6. The number of halogens is 2. The summed E-state index contributed by atoms with van der Waals surface area (Å²) in [7, 11) is -2.56. The van der Waals surface area contributed by atoms with Crippen LogP contribution in [0.4, 0.5) is 8.78 Å². The molecule has 0 heterocycles. The van der Waals surface area contributed by atoms with Gasteiger partial charge in [0.15, 0.2) is 11.6 Å². The summed E-state index contributed by atoms with van der Waals surface area (Å²) in [6.45, 7) is 2.93.